The molecule has 112 valence electrons. The first kappa shape index (κ1) is 15.6. The van der Waals surface area contributed by atoms with Gasteiger partial charge in [-0.3, -0.25) is 4.79 Å². The predicted molar refractivity (Wildman–Crippen MR) is 78.8 cm³/mol. The minimum atomic E-state index is -1.07. The van der Waals surface area contributed by atoms with Crippen LogP contribution in [0.1, 0.15) is 25.0 Å². The monoisotopic (exact) mass is 309 g/mol. The van der Waals surface area contributed by atoms with Crippen LogP contribution >= 0.6 is 11.6 Å². The van der Waals surface area contributed by atoms with Crippen molar-refractivity contribution >= 4 is 28.4 Å². The minimum Gasteiger partial charge on any atom is -0.390 e. The summed E-state index contributed by atoms with van der Waals surface area (Å²) in [6, 6.07) is 5.05. The molecule has 2 atom stereocenters. The van der Waals surface area contributed by atoms with E-state index < -0.39 is 12.2 Å². The molecule has 2 aromatic rings. The highest BCUT2D eigenvalue weighted by atomic mass is 35.5. The second kappa shape index (κ2) is 6.80. The van der Waals surface area contributed by atoms with Crippen LogP contribution < -0.4 is 5.32 Å². The number of amides is 1. The Bertz CT molecular complexity index is 650. The number of rotatable bonds is 5. The normalized spacial score (nSPS) is 13.9. The number of aliphatic hydroxyl groups excluding tert-OH is 2. The summed E-state index contributed by atoms with van der Waals surface area (Å²) in [5, 5.41) is 23.6. The molecule has 1 aromatic carbocycles. The molecular formula is C14H16ClN3O3. The van der Waals surface area contributed by atoms with Gasteiger partial charge in [0.15, 0.2) is 0 Å². The van der Waals surface area contributed by atoms with E-state index in [9.17, 15) is 15.0 Å². The number of fused-ring (bicyclic) bond motifs is 1. The third-order valence-corrected chi connectivity index (χ3v) is 3.43. The zero-order valence-electron chi connectivity index (χ0n) is 11.5. The maximum atomic E-state index is 10.8. The summed E-state index contributed by atoms with van der Waals surface area (Å²) in [6.45, 7) is 1.69. The molecule has 7 heteroatoms. The number of halogens is 1. The van der Waals surface area contributed by atoms with Crippen LogP contribution in [0.15, 0.2) is 24.5 Å². The number of carbonyl (C=O) groups is 1. The van der Waals surface area contributed by atoms with E-state index in [2.05, 4.69) is 15.3 Å². The number of nitrogens with one attached hydrogen (secondary N) is 1. The number of nitrogens with zero attached hydrogens (tertiary/aromatic N) is 2. The van der Waals surface area contributed by atoms with Crippen molar-refractivity contribution in [3.63, 3.8) is 0 Å². The molecule has 1 amide bonds. The van der Waals surface area contributed by atoms with Crippen molar-refractivity contribution in [1.29, 1.82) is 0 Å². The highest BCUT2D eigenvalue weighted by Crippen LogP contribution is 2.25. The Morgan fingerprint density at radius 3 is 2.86 bits per heavy atom. The largest absolute Gasteiger partial charge is 0.390 e. The van der Waals surface area contributed by atoms with Crippen molar-refractivity contribution in [1.82, 2.24) is 15.3 Å². The Balaban J connectivity index is 2.13. The SMILES string of the molecule is CC(=O)NCCC(O)C(O)c1ccc2ncnc(Cl)c2c1. The van der Waals surface area contributed by atoms with Crippen LogP contribution in [0.5, 0.6) is 0 Å². The molecule has 0 bridgehead atoms. The van der Waals surface area contributed by atoms with Gasteiger partial charge in [-0.15, -0.1) is 0 Å². The Labute approximate surface area is 126 Å². The predicted octanol–water partition coefficient (Wildman–Crippen LogP) is 1.20. The van der Waals surface area contributed by atoms with Gasteiger partial charge in [-0.25, -0.2) is 9.97 Å². The van der Waals surface area contributed by atoms with Crippen molar-refractivity contribution in [3.05, 3.63) is 35.2 Å². The smallest absolute Gasteiger partial charge is 0.216 e. The average Bonchev–Trinajstić information content (AvgIpc) is 2.46. The van der Waals surface area contributed by atoms with Gasteiger partial charge in [-0.1, -0.05) is 17.7 Å². The molecule has 2 rings (SSSR count). The van der Waals surface area contributed by atoms with Crippen LogP contribution in [0.25, 0.3) is 10.9 Å². The Hall–Kier alpha value is -1.76. The number of hydrogen-bond acceptors (Lipinski definition) is 5. The van der Waals surface area contributed by atoms with Crippen LogP contribution in [0, 0.1) is 0 Å². The molecular weight excluding hydrogens is 294 g/mol. The number of aliphatic hydroxyl groups is 2. The lowest BCUT2D eigenvalue weighted by Crippen LogP contribution is -2.27. The molecule has 21 heavy (non-hydrogen) atoms. The molecule has 0 radical (unpaired) electrons. The highest BCUT2D eigenvalue weighted by Gasteiger charge is 2.19. The Morgan fingerprint density at radius 2 is 2.14 bits per heavy atom. The maximum absolute atomic E-state index is 10.8. The summed E-state index contributed by atoms with van der Waals surface area (Å²) in [7, 11) is 0. The fourth-order valence-electron chi connectivity index (χ4n) is 2.00. The van der Waals surface area contributed by atoms with E-state index in [0.717, 1.165) is 0 Å². The standard InChI is InChI=1S/C14H16ClN3O3/c1-8(19)16-5-4-12(20)13(21)9-2-3-11-10(6-9)14(15)18-7-17-11/h2-3,6-7,12-13,20-21H,4-5H2,1H3,(H,16,19). The number of carbonyl (C=O) groups excluding carboxylic acids is 1. The molecule has 0 fully saturated rings. The van der Waals surface area contributed by atoms with E-state index in [1.807, 2.05) is 0 Å². The summed E-state index contributed by atoms with van der Waals surface area (Å²) in [6.07, 6.45) is -0.446. The van der Waals surface area contributed by atoms with E-state index >= 15 is 0 Å². The van der Waals surface area contributed by atoms with Gasteiger partial charge in [0.2, 0.25) is 5.91 Å². The highest BCUT2D eigenvalue weighted by molar-refractivity contribution is 6.34. The van der Waals surface area contributed by atoms with E-state index in [0.29, 0.717) is 28.2 Å². The van der Waals surface area contributed by atoms with E-state index in [-0.39, 0.29) is 12.3 Å². The van der Waals surface area contributed by atoms with Crippen LogP contribution in [-0.2, 0) is 4.79 Å². The number of benzene rings is 1. The van der Waals surface area contributed by atoms with Crippen molar-refractivity contribution in [2.45, 2.75) is 25.6 Å². The summed E-state index contributed by atoms with van der Waals surface area (Å²) in [5.74, 6) is -0.175. The van der Waals surface area contributed by atoms with Gasteiger partial charge in [0.1, 0.15) is 17.6 Å². The summed E-state index contributed by atoms with van der Waals surface area (Å²) in [5.41, 5.74) is 1.19. The second-order valence-electron chi connectivity index (χ2n) is 4.72. The molecule has 0 spiro atoms. The third kappa shape index (κ3) is 3.87. The lowest BCUT2D eigenvalue weighted by Gasteiger charge is -2.18. The first-order valence-electron chi connectivity index (χ1n) is 6.49. The zero-order chi connectivity index (χ0) is 15.4. The van der Waals surface area contributed by atoms with Gasteiger partial charge >= 0.3 is 0 Å². The van der Waals surface area contributed by atoms with Crippen LogP contribution in [0.2, 0.25) is 5.15 Å². The van der Waals surface area contributed by atoms with Crippen molar-refractivity contribution in [2.24, 2.45) is 0 Å². The second-order valence-corrected chi connectivity index (χ2v) is 5.08. The van der Waals surface area contributed by atoms with E-state index in [1.165, 1.54) is 13.3 Å². The minimum absolute atomic E-state index is 0.175. The van der Waals surface area contributed by atoms with Crippen LogP contribution in [0.3, 0.4) is 0 Å². The van der Waals surface area contributed by atoms with Crippen molar-refractivity contribution in [3.8, 4) is 0 Å². The molecule has 0 saturated carbocycles. The Kier molecular flexibility index (Phi) is 5.06. The van der Waals surface area contributed by atoms with Gasteiger partial charge in [0.25, 0.3) is 0 Å². The fraction of sp³-hybridized carbons (Fsp3) is 0.357. The van der Waals surface area contributed by atoms with Crippen LogP contribution in [-0.4, -0.2) is 38.7 Å². The van der Waals surface area contributed by atoms with Crippen molar-refractivity contribution in [2.75, 3.05) is 6.54 Å². The molecule has 0 saturated heterocycles. The first-order chi connectivity index (χ1) is 9.99. The van der Waals surface area contributed by atoms with E-state index in [1.54, 1.807) is 18.2 Å². The molecule has 0 aliphatic rings. The van der Waals surface area contributed by atoms with Gasteiger partial charge in [-0.2, -0.15) is 0 Å². The summed E-state index contributed by atoms with van der Waals surface area (Å²) >= 11 is 5.99. The van der Waals surface area contributed by atoms with Gasteiger partial charge in [-0.05, 0) is 24.1 Å². The topological polar surface area (TPSA) is 95.3 Å². The molecule has 1 aromatic heterocycles. The quantitative estimate of drug-likeness (QED) is 0.721. The average molecular weight is 310 g/mol. The first-order valence-corrected chi connectivity index (χ1v) is 6.87. The van der Waals surface area contributed by atoms with Crippen LogP contribution in [0.4, 0.5) is 0 Å². The lowest BCUT2D eigenvalue weighted by atomic mass is 10.0. The molecule has 0 aliphatic heterocycles. The van der Waals surface area contributed by atoms with Crippen molar-refractivity contribution < 1.29 is 15.0 Å². The molecule has 2 unspecified atom stereocenters. The third-order valence-electron chi connectivity index (χ3n) is 3.13. The number of aromatic nitrogens is 2. The maximum Gasteiger partial charge on any atom is 0.216 e. The zero-order valence-corrected chi connectivity index (χ0v) is 12.2. The number of hydrogen-bond donors (Lipinski definition) is 3. The molecule has 0 aliphatic carbocycles. The summed E-state index contributed by atoms with van der Waals surface area (Å²) in [4.78, 5) is 18.7. The molecule has 1 heterocycles. The van der Waals surface area contributed by atoms with Gasteiger partial charge in [0.05, 0.1) is 11.6 Å². The molecule has 6 nitrogen and oxygen atoms in total. The van der Waals surface area contributed by atoms with E-state index in [4.69, 9.17) is 11.6 Å². The molecule has 3 N–H and O–H groups in total. The Morgan fingerprint density at radius 1 is 1.38 bits per heavy atom. The lowest BCUT2D eigenvalue weighted by molar-refractivity contribution is -0.119. The van der Waals surface area contributed by atoms with Gasteiger partial charge in [0, 0.05) is 18.9 Å². The van der Waals surface area contributed by atoms with Gasteiger partial charge < -0.3 is 15.5 Å². The summed E-state index contributed by atoms with van der Waals surface area (Å²) < 4.78 is 0. The fourth-order valence-corrected chi connectivity index (χ4v) is 2.20.